The predicted molar refractivity (Wildman–Crippen MR) is 87.2 cm³/mol. The quantitative estimate of drug-likeness (QED) is 0.741. The van der Waals surface area contributed by atoms with Crippen LogP contribution in [0.5, 0.6) is 0 Å². The fourth-order valence-corrected chi connectivity index (χ4v) is 2.74. The van der Waals surface area contributed by atoms with E-state index in [1.165, 1.54) is 17.2 Å². The molecule has 0 aliphatic carbocycles. The van der Waals surface area contributed by atoms with Crippen molar-refractivity contribution < 1.29 is 4.39 Å². The first kappa shape index (κ1) is 15.7. The van der Waals surface area contributed by atoms with Gasteiger partial charge in [-0.1, -0.05) is 43.3 Å². The van der Waals surface area contributed by atoms with E-state index in [4.69, 9.17) is 0 Å². The first-order valence-corrected chi connectivity index (χ1v) is 7.71. The third-order valence-electron chi connectivity index (χ3n) is 3.82. The minimum atomic E-state index is -0.155. The van der Waals surface area contributed by atoms with Crippen LogP contribution in [0, 0.1) is 12.7 Å². The van der Waals surface area contributed by atoms with Gasteiger partial charge in [0.25, 0.3) is 0 Å². The number of nitrogens with one attached hydrogen (secondary N) is 1. The molecule has 2 rings (SSSR count). The summed E-state index contributed by atoms with van der Waals surface area (Å²) in [6, 6.07) is 15.4. The van der Waals surface area contributed by atoms with Crippen molar-refractivity contribution in [2.24, 2.45) is 0 Å². The Kier molecular flexibility index (Phi) is 5.94. The van der Waals surface area contributed by atoms with Gasteiger partial charge >= 0.3 is 0 Å². The van der Waals surface area contributed by atoms with Crippen LogP contribution in [0.3, 0.4) is 0 Å². The van der Waals surface area contributed by atoms with E-state index in [1.54, 1.807) is 12.1 Å². The molecule has 0 radical (unpaired) electrons. The maximum Gasteiger partial charge on any atom is 0.123 e. The van der Waals surface area contributed by atoms with Crippen LogP contribution in [0.2, 0.25) is 0 Å². The van der Waals surface area contributed by atoms with Crippen molar-refractivity contribution in [3.63, 3.8) is 0 Å². The summed E-state index contributed by atoms with van der Waals surface area (Å²) in [5, 5.41) is 3.50. The molecule has 2 aromatic carbocycles. The van der Waals surface area contributed by atoms with Gasteiger partial charge in [0, 0.05) is 12.5 Å². The molecule has 0 spiro atoms. The second-order valence-electron chi connectivity index (χ2n) is 5.59. The molecule has 1 atom stereocenters. The summed E-state index contributed by atoms with van der Waals surface area (Å²) in [6.07, 6.45) is 1.99. The highest BCUT2D eigenvalue weighted by molar-refractivity contribution is 5.31. The number of halogens is 1. The van der Waals surface area contributed by atoms with E-state index < -0.39 is 0 Å². The van der Waals surface area contributed by atoms with E-state index in [-0.39, 0.29) is 5.82 Å². The third-order valence-corrected chi connectivity index (χ3v) is 3.82. The van der Waals surface area contributed by atoms with Crippen LogP contribution < -0.4 is 5.32 Å². The topological polar surface area (TPSA) is 12.0 Å². The molecule has 112 valence electrons. The first-order chi connectivity index (χ1) is 10.2. The van der Waals surface area contributed by atoms with Crippen molar-refractivity contribution in [1.29, 1.82) is 0 Å². The molecular weight excluding hydrogens is 261 g/mol. The summed E-state index contributed by atoms with van der Waals surface area (Å²) < 4.78 is 13.4. The molecule has 0 aliphatic heterocycles. The molecule has 0 amide bonds. The highest BCUT2D eigenvalue weighted by atomic mass is 19.1. The lowest BCUT2D eigenvalue weighted by molar-refractivity contribution is 0.571. The molecule has 0 aromatic heterocycles. The lowest BCUT2D eigenvalue weighted by Gasteiger charge is -2.20. The molecule has 0 fully saturated rings. The van der Waals surface area contributed by atoms with Crippen LogP contribution in [0.1, 0.15) is 36.0 Å². The van der Waals surface area contributed by atoms with Gasteiger partial charge in [0.1, 0.15) is 5.82 Å². The van der Waals surface area contributed by atoms with E-state index in [1.807, 2.05) is 6.07 Å². The molecule has 0 aliphatic rings. The van der Waals surface area contributed by atoms with Gasteiger partial charge in [-0.15, -0.1) is 0 Å². The van der Waals surface area contributed by atoms with Gasteiger partial charge in [-0.25, -0.2) is 4.39 Å². The van der Waals surface area contributed by atoms with E-state index in [2.05, 4.69) is 43.4 Å². The Morgan fingerprint density at radius 1 is 1.10 bits per heavy atom. The van der Waals surface area contributed by atoms with Crippen LogP contribution in [-0.4, -0.2) is 13.1 Å². The van der Waals surface area contributed by atoms with E-state index in [9.17, 15) is 4.39 Å². The van der Waals surface area contributed by atoms with Crippen LogP contribution in [0.15, 0.2) is 48.5 Å². The molecular formula is C19H24FN. The Labute approximate surface area is 127 Å². The lowest BCUT2D eigenvalue weighted by Crippen LogP contribution is -2.24. The maximum absolute atomic E-state index is 13.4. The smallest absolute Gasteiger partial charge is 0.123 e. The predicted octanol–water partition coefficient (Wildman–Crippen LogP) is 4.46. The van der Waals surface area contributed by atoms with Gasteiger partial charge < -0.3 is 5.32 Å². The van der Waals surface area contributed by atoms with Crippen molar-refractivity contribution in [2.45, 2.75) is 32.6 Å². The SMILES string of the molecule is CCCNCC(Cc1cccc(F)c1)c1ccccc1C. The van der Waals surface area contributed by atoms with Crippen molar-refractivity contribution >= 4 is 0 Å². The number of aryl methyl sites for hydroxylation is 1. The van der Waals surface area contributed by atoms with Crippen LogP contribution in [-0.2, 0) is 6.42 Å². The Morgan fingerprint density at radius 2 is 1.90 bits per heavy atom. The van der Waals surface area contributed by atoms with Crippen LogP contribution >= 0.6 is 0 Å². The zero-order valence-electron chi connectivity index (χ0n) is 12.9. The molecule has 0 bridgehead atoms. The molecule has 0 saturated carbocycles. The summed E-state index contributed by atoms with van der Waals surface area (Å²) in [5.41, 5.74) is 3.71. The average Bonchev–Trinajstić information content (AvgIpc) is 2.47. The van der Waals surface area contributed by atoms with Crippen molar-refractivity contribution in [3.05, 3.63) is 71.0 Å². The van der Waals surface area contributed by atoms with Crippen LogP contribution in [0.4, 0.5) is 4.39 Å². The molecule has 2 heteroatoms. The minimum Gasteiger partial charge on any atom is -0.316 e. The summed E-state index contributed by atoms with van der Waals surface area (Å²) in [5.74, 6) is 0.220. The Bertz CT molecular complexity index is 565. The van der Waals surface area contributed by atoms with Gasteiger partial charge in [0.2, 0.25) is 0 Å². The number of rotatable bonds is 7. The van der Waals surface area contributed by atoms with Crippen LogP contribution in [0.25, 0.3) is 0 Å². The number of benzene rings is 2. The van der Waals surface area contributed by atoms with E-state index in [0.717, 1.165) is 31.5 Å². The second-order valence-corrected chi connectivity index (χ2v) is 5.59. The van der Waals surface area contributed by atoms with Gasteiger partial charge in [0.05, 0.1) is 0 Å². The van der Waals surface area contributed by atoms with Crippen molar-refractivity contribution in [2.75, 3.05) is 13.1 Å². The Hall–Kier alpha value is -1.67. The summed E-state index contributed by atoms with van der Waals surface area (Å²) >= 11 is 0. The van der Waals surface area contributed by atoms with Gasteiger partial charge in [-0.3, -0.25) is 0 Å². The van der Waals surface area contributed by atoms with Gasteiger partial charge in [0.15, 0.2) is 0 Å². The maximum atomic E-state index is 13.4. The normalized spacial score (nSPS) is 12.3. The minimum absolute atomic E-state index is 0.155. The lowest BCUT2D eigenvalue weighted by atomic mass is 9.89. The fraction of sp³-hybridized carbons (Fsp3) is 0.368. The zero-order valence-corrected chi connectivity index (χ0v) is 12.9. The molecule has 21 heavy (non-hydrogen) atoms. The number of hydrogen-bond acceptors (Lipinski definition) is 1. The molecule has 1 N–H and O–H groups in total. The van der Waals surface area contributed by atoms with Crippen molar-refractivity contribution in [3.8, 4) is 0 Å². The Morgan fingerprint density at radius 3 is 2.62 bits per heavy atom. The standard InChI is InChI=1S/C19H24FN/c1-3-11-21-14-17(19-10-5-4-7-15(19)2)12-16-8-6-9-18(20)13-16/h4-10,13,17,21H,3,11-12,14H2,1-2H3. The van der Waals surface area contributed by atoms with Crippen molar-refractivity contribution in [1.82, 2.24) is 5.32 Å². The van der Waals surface area contributed by atoms with Gasteiger partial charge in [-0.05, 0) is 55.1 Å². The summed E-state index contributed by atoms with van der Waals surface area (Å²) in [7, 11) is 0. The Balaban J connectivity index is 2.17. The third kappa shape index (κ3) is 4.68. The number of hydrogen-bond donors (Lipinski definition) is 1. The van der Waals surface area contributed by atoms with E-state index in [0.29, 0.717) is 5.92 Å². The monoisotopic (exact) mass is 285 g/mol. The average molecular weight is 285 g/mol. The van der Waals surface area contributed by atoms with Gasteiger partial charge in [-0.2, -0.15) is 0 Å². The molecule has 1 unspecified atom stereocenters. The highest BCUT2D eigenvalue weighted by Gasteiger charge is 2.14. The zero-order chi connectivity index (χ0) is 15.1. The summed E-state index contributed by atoms with van der Waals surface area (Å²) in [4.78, 5) is 0. The summed E-state index contributed by atoms with van der Waals surface area (Å²) in [6.45, 7) is 6.26. The molecule has 0 saturated heterocycles. The van der Waals surface area contributed by atoms with E-state index >= 15 is 0 Å². The molecule has 2 aromatic rings. The fourth-order valence-electron chi connectivity index (χ4n) is 2.74. The first-order valence-electron chi connectivity index (χ1n) is 7.71. The second kappa shape index (κ2) is 7.94. The largest absolute Gasteiger partial charge is 0.316 e. The highest BCUT2D eigenvalue weighted by Crippen LogP contribution is 2.23. The molecule has 0 heterocycles. The molecule has 1 nitrogen and oxygen atoms in total.